The smallest absolute Gasteiger partial charge is 0.164 e. The van der Waals surface area contributed by atoms with Gasteiger partial charge in [-0.3, -0.25) is 4.98 Å². The summed E-state index contributed by atoms with van der Waals surface area (Å²) in [5.41, 5.74) is 17.7. The molecule has 17 rings (SSSR count). The number of para-hydroxylation sites is 6. The van der Waals surface area contributed by atoms with E-state index in [-0.39, 0.29) is 0 Å². The van der Waals surface area contributed by atoms with Crippen molar-refractivity contribution >= 4 is 87.2 Å². The Morgan fingerprint density at radius 3 is 1.12 bits per heavy atom. The van der Waals surface area contributed by atoms with Crippen molar-refractivity contribution in [3.63, 3.8) is 0 Å². The fourth-order valence-electron chi connectivity index (χ4n) is 13.0. The van der Waals surface area contributed by atoms with Crippen LogP contribution in [0.5, 0.6) is 0 Å². The Balaban J connectivity index is 0.986. The van der Waals surface area contributed by atoms with Crippen LogP contribution in [-0.4, -0.2) is 38.2 Å². The molecule has 8 heteroatoms. The minimum Gasteiger partial charge on any atom is -0.309 e. The molecule has 0 bridgehead atoms. The van der Waals surface area contributed by atoms with Crippen LogP contribution in [0.3, 0.4) is 0 Å². The van der Waals surface area contributed by atoms with E-state index in [2.05, 4.69) is 249 Å². The molecule has 0 aliphatic rings. The zero-order valence-corrected chi connectivity index (χ0v) is 44.1. The molecular weight excluding hydrogens is 1000 g/mol. The highest BCUT2D eigenvalue weighted by atomic mass is 15.1. The van der Waals surface area contributed by atoms with Gasteiger partial charge in [0.05, 0.1) is 55.5 Å². The van der Waals surface area contributed by atoms with E-state index in [1.54, 1.807) is 0 Å². The molecule has 0 aliphatic carbocycles. The average Bonchev–Trinajstić information content (AvgIpc) is 2.67. The van der Waals surface area contributed by atoms with Crippen molar-refractivity contribution in [1.29, 1.82) is 0 Å². The van der Waals surface area contributed by atoms with E-state index in [1.807, 2.05) is 48.8 Å². The number of fused-ring (bicyclic) bond motifs is 14. The number of pyridine rings is 1. The van der Waals surface area contributed by atoms with Crippen molar-refractivity contribution in [2.75, 3.05) is 0 Å². The molecule has 6 aromatic heterocycles. The Bertz CT molecular complexity index is 5330. The molecule has 0 saturated carbocycles. The standard InChI is InChI=1S/C74H46N8/c1-5-21-47(22-6-1)72-76-73(48-23-7-2-8-24-48)78-74(77-72)49-37-40-64(81-62-35-19-15-31-56(62)68-66(81)41-38-54-52-29-13-17-33-60(52)79(70(54)68)50-25-9-3-10-26-50)58(45-49)59-46-75-44-43-65(59)82-63-36-20-16-32-57(63)69-67(82)42-39-55-53-30-14-18-34-61(53)80(71(55)69)51-27-11-4-12-28-51/h1-46H. The Labute approximate surface area is 470 Å². The zero-order valence-electron chi connectivity index (χ0n) is 44.1. The summed E-state index contributed by atoms with van der Waals surface area (Å²) < 4.78 is 9.79. The largest absolute Gasteiger partial charge is 0.309 e. The van der Waals surface area contributed by atoms with Crippen LogP contribution in [0.2, 0.25) is 0 Å². The van der Waals surface area contributed by atoms with Gasteiger partial charge in [-0.25, -0.2) is 15.0 Å². The number of hydrogen-bond donors (Lipinski definition) is 0. The summed E-state index contributed by atoms with van der Waals surface area (Å²) in [6, 6.07) is 95.2. The van der Waals surface area contributed by atoms with Gasteiger partial charge in [-0.05, 0) is 84.9 Å². The van der Waals surface area contributed by atoms with E-state index in [9.17, 15) is 0 Å². The Morgan fingerprint density at radius 1 is 0.256 bits per heavy atom. The first kappa shape index (κ1) is 45.8. The van der Waals surface area contributed by atoms with Crippen molar-refractivity contribution in [3.8, 4) is 68.0 Å². The first-order chi connectivity index (χ1) is 40.7. The van der Waals surface area contributed by atoms with Crippen molar-refractivity contribution in [2.24, 2.45) is 0 Å². The molecule has 0 N–H and O–H groups in total. The lowest BCUT2D eigenvalue weighted by Crippen LogP contribution is -2.04. The fraction of sp³-hybridized carbons (Fsp3) is 0. The lowest BCUT2D eigenvalue weighted by Gasteiger charge is -2.19. The van der Waals surface area contributed by atoms with Crippen LogP contribution in [0.1, 0.15) is 0 Å². The van der Waals surface area contributed by atoms with E-state index in [4.69, 9.17) is 19.9 Å². The molecule has 0 spiro atoms. The van der Waals surface area contributed by atoms with Gasteiger partial charge in [-0.15, -0.1) is 0 Å². The first-order valence-corrected chi connectivity index (χ1v) is 27.7. The van der Waals surface area contributed by atoms with Crippen molar-refractivity contribution in [1.82, 2.24) is 38.2 Å². The maximum Gasteiger partial charge on any atom is 0.164 e. The SMILES string of the molecule is c1ccc(-c2nc(-c3ccccc3)nc(-c3ccc(-n4c5ccccc5c5c4ccc4c6ccccc6n(-c6ccccc6)c45)c(-c4cnccc4-n4c5ccccc5c5c4ccc4c6ccccc6n(-c6ccccc6)c45)c3)n2)cc1. The molecule has 0 saturated heterocycles. The van der Waals surface area contributed by atoms with Gasteiger partial charge in [-0.2, -0.15) is 0 Å². The minimum absolute atomic E-state index is 0.565. The quantitative estimate of drug-likeness (QED) is 0.152. The molecule has 0 amide bonds. The molecule has 0 fully saturated rings. The van der Waals surface area contributed by atoms with Gasteiger partial charge in [0.1, 0.15) is 0 Å². The normalized spacial score (nSPS) is 11.9. The zero-order chi connectivity index (χ0) is 53.8. The van der Waals surface area contributed by atoms with Crippen LogP contribution in [0, 0.1) is 0 Å². The second-order valence-electron chi connectivity index (χ2n) is 21.0. The topological polar surface area (TPSA) is 71.3 Å². The van der Waals surface area contributed by atoms with Gasteiger partial charge in [0.25, 0.3) is 0 Å². The molecule has 6 heterocycles. The van der Waals surface area contributed by atoms with Gasteiger partial charge < -0.3 is 18.3 Å². The summed E-state index contributed by atoms with van der Waals surface area (Å²) in [5.74, 6) is 1.76. The third-order valence-corrected chi connectivity index (χ3v) is 16.5. The summed E-state index contributed by atoms with van der Waals surface area (Å²) >= 11 is 0. The van der Waals surface area contributed by atoms with E-state index < -0.39 is 0 Å². The van der Waals surface area contributed by atoms with Gasteiger partial charge in [0, 0.05) is 94.7 Å². The number of aromatic nitrogens is 8. The van der Waals surface area contributed by atoms with E-state index in [0.717, 1.165) is 100.0 Å². The molecule has 17 aromatic rings. The van der Waals surface area contributed by atoms with Crippen LogP contribution in [0.25, 0.3) is 155 Å². The molecule has 11 aromatic carbocycles. The van der Waals surface area contributed by atoms with Gasteiger partial charge in [0.2, 0.25) is 0 Å². The summed E-state index contributed by atoms with van der Waals surface area (Å²) in [6.07, 6.45) is 3.96. The molecule has 0 aliphatic heterocycles. The lowest BCUT2D eigenvalue weighted by atomic mass is 9.99. The molecule has 0 unspecified atom stereocenters. The monoisotopic (exact) mass is 1050 g/mol. The number of rotatable bonds is 8. The number of nitrogens with zero attached hydrogens (tertiary/aromatic N) is 8. The van der Waals surface area contributed by atoms with E-state index in [0.29, 0.717) is 17.5 Å². The van der Waals surface area contributed by atoms with E-state index in [1.165, 1.54) is 37.8 Å². The second kappa shape index (κ2) is 18.2. The highest BCUT2D eigenvalue weighted by Crippen LogP contribution is 2.47. The summed E-state index contributed by atoms with van der Waals surface area (Å²) in [6.45, 7) is 0. The van der Waals surface area contributed by atoms with Crippen LogP contribution < -0.4 is 0 Å². The summed E-state index contributed by atoms with van der Waals surface area (Å²) in [5, 5.41) is 9.49. The Morgan fingerprint density at radius 2 is 0.646 bits per heavy atom. The predicted molar refractivity (Wildman–Crippen MR) is 337 cm³/mol. The molecule has 82 heavy (non-hydrogen) atoms. The van der Waals surface area contributed by atoms with E-state index >= 15 is 0 Å². The van der Waals surface area contributed by atoms with Gasteiger partial charge in [0.15, 0.2) is 17.5 Å². The van der Waals surface area contributed by atoms with Crippen LogP contribution >= 0.6 is 0 Å². The summed E-state index contributed by atoms with van der Waals surface area (Å²) in [7, 11) is 0. The lowest BCUT2D eigenvalue weighted by molar-refractivity contribution is 1.07. The van der Waals surface area contributed by atoms with Crippen molar-refractivity contribution in [3.05, 3.63) is 279 Å². The second-order valence-corrected chi connectivity index (χ2v) is 21.0. The molecular formula is C74H46N8. The first-order valence-electron chi connectivity index (χ1n) is 27.7. The molecule has 0 radical (unpaired) electrons. The summed E-state index contributed by atoms with van der Waals surface area (Å²) in [4.78, 5) is 20.7. The maximum atomic E-state index is 5.30. The Hall–Kier alpha value is -11.2. The minimum atomic E-state index is 0.565. The highest BCUT2D eigenvalue weighted by Gasteiger charge is 2.27. The predicted octanol–water partition coefficient (Wildman–Crippen LogP) is 18.3. The van der Waals surface area contributed by atoms with Crippen LogP contribution in [0.4, 0.5) is 0 Å². The molecule has 0 atom stereocenters. The molecule has 8 nitrogen and oxygen atoms in total. The van der Waals surface area contributed by atoms with Crippen LogP contribution in [-0.2, 0) is 0 Å². The number of hydrogen-bond acceptors (Lipinski definition) is 4. The Kier molecular flexibility index (Phi) is 10.1. The third kappa shape index (κ3) is 6.85. The van der Waals surface area contributed by atoms with Crippen molar-refractivity contribution < 1.29 is 0 Å². The third-order valence-electron chi connectivity index (χ3n) is 16.5. The fourth-order valence-corrected chi connectivity index (χ4v) is 13.0. The number of benzene rings is 11. The molecule has 382 valence electrons. The van der Waals surface area contributed by atoms with Gasteiger partial charge in [-0.1, -0.05) is 182 Å². The van der Waals surface area contributed by atoms with Crippen molar-refractivity contribution in [2.45, 2.75) is 0 Å². The average molecular weight is 1050 g/mol. The van der Waals surface area contributed by atoms with Gasteiger partial charge >= 0.3 is 0 Å². The van der Waals surface area contributed by atoms with Crippen LogP contribution in [0.15, 0.2) is 279 Å². The maximum absolute atomic E-state index is 5.30. The highest BCUT2D eigenvalue weighted by molar-refractivity contribution is 6.28.